The number of carbonyl (C=O) groups is 2. The topological polar surface area (TPSA) is 116 Å². The fraction of sp³-hybridized carbons (Fsp3) is 0.263. The summed E-state index contributed by atoms with van der Waals surface area (Å²) >= 11 is 0. The first kappa shape index (κ1) is 19.1. The minimum atomic E-state index is -3.84. The summed E-state index contributed by atoms with van der Waals surface area (Å²) in [6, 6.07) is 10.8. The number of primary sulfonamides is 1. The molecule has 2 aromatic carbocycles. The molecule has 27 heavy (non-hydrogen) atoms. The molecule has 0 saturated carbocycles. The van der Waals surface area contributed by atoms with Crippen molar-refractivity contribution in [1.29, 1.82) is 0 Å². The second-order valence-electron chi connectivity index (χ2n) is 6.44. The molecule has 1 amide bonds. The summed E-state index contributed by atoms with van der Waals surface area (Å²) in [6.45, 7) is 1.47. The maximum absolute atomic E-state index is 12.3. The molecule has 3 N–H and O–H groups in total. The van der Waals surface area contributed by atoms with Crippen LogP contribution in [0.1, 0.15) is 34.8 Å². The second kappa shape index (κ2) is 7.50. The summed E-state index contributed by atoms with van der Waals surface area (Å²) in [5.41, 5.74) is 3.32. The Bertz CT molecular complexity index is 984. The van der Waals surface area contributed by atoms with Crippen molar-refractivity contribution in [3.8, 4) is 0 Å². The molecule has 0 heterocycles. The van der Waals surface area contributed by atoms with E-state index in [1.54, 1.807) is 0 Å². The number of ether oxygens (including phenoxy) is 1. The molecule has 0 saturated heterocycles. The Morgan fingerprint density at radius 2 is 1.74 bits per heavy atom. The third-order valence-electron chi connectivity index (χ3n) is 4.44. The first-order valence-corrected chi connectivity index (χ1v) is 10.1. The number of aryl methyl sites for hydroxylation is 2. The molecule has 0 aromatic heterocycles. The van der Waals surface area contributed by atoms with E-state index in [-0.39, 0.29) is 10.5 Å². The van der Waals surface area contributed by atoms with Crippen LogP contribution in [-0.2, 0) is 32.4 Å². The molecular weight excluding hydrogens is 368 g/mol. The number of hydrogen-bond donors (Lipinski definition) is 2. The molecule has 142 valence electrons. The van der Waals surface area contributed by atoms with Crippen LogP contribution in [0.2, 0.25) is 0 Å². The van der Waals surface area contributed by atoms with Gasteiger partial charge in [0, 0.05) is 5.69 Å². The molecule has 0 fully saturated rings. The van der Waals surface area contributed by atoms with E-state index in [0.29, 0.717) is 5.69 Å². The fourth-order valence-electron chi connectivity index (χ4n) is 2.96. The van der Waals surface area contributed by atoms with Crippen molar-refractivity contribution in [2.75, 3.05) is 5.32 Å². The number of amides is 1. The van der Waals surface area contributed by atoms with Gasteiger partial charge in [-0.15, -0.1) is 0 Å². The fourth-order valence-corrected chi connectivity index (χ4v) is 3.47. The summed E-state index contributed by atoms with van der Waals surface area (Å²) < 4.78 is 27.6. The standard InChI is InChI=1S/C19H20N2O5S/c1-12(18(22)21-16-8-5-13-3-2-4-15(13)11-16)26-19(23)14-6-9-17(10-7-14)27(20,24)25/h5-12H,2-4H2,1H3,(H,21,22)(H2,20,24,25). The van der Waals surface area contributed by atoms with E-state index in [1.165, 1.54) is 42.3 Å². The molecule has 0 aliphatic heterocycles. The molecule has 7 nitrogen and oxygen atoms in total. The number of carbonyl (C=O) groups excluding carboxylic acids is 2. The summed E-state index contributed by atoms with van der Waals surface area (Å²) in [5.74, 6) is -1.17. The predicted molar refractivity (Wildman–Crippen MR) is 99.8 cm³/mol. The van der Waals surface area contributed by atoms with E-state index in [0.717, 1.165) is 19.3 Å². The lowest BCUT2D eigenvalue weighted by atomic mass is 10.1. The van der Waals surface area contributed by atoms with Crippen molar-refractivity contribution in [1.82, 2.24) is 0 Å². The maximum Gasteiger partial charge on any atom is 0.338 e. The van der Waals surface area contributed by atoms with Crippen molar-refractivity contribution in [3.05, 3.63) is 59.2 Å². The molecule has 8 heteroatoms. The number of rotatable bonds is 5. The van der Waals surface area contributed by atoms with Gasteiger partial charge in [0.15, 0.2) is 6.10 Å². The highest BCUT2D eigenvalue weighted by Crippen LogP contribution is 2.25. The van der Waals surface area contributed by atoms with E-state index >= 15 is 0 Å². The van der Waals surface area contributed by atoms with E-state index in [1.807, 2.05) is 18.2 Å². The molecule has 1 unspecified atom stereocenters. The lowest BCUT2D eigenvalue weighted by Crippen LogP contribution is -2.30. The highest BCUT2D eigenvalue weighted by Gasteiger charge is 2.20. The van der Waals surface area contributed by atoms with Crippen LogP contribution in [0, 0.1) is 0 Å². The molecule has 0 bridgehead atoms. The molecule has 3 rings (SSSR count). The monoisotopic (exact) mass is 388 g/mol. The van der Waals surface area contributed by atoms with Crippen LogP contribution in [0.15, 0.2) is 47.4 Å². The first-order valence-electron chi connectivity index (χ1n) is 8.50. The Hall–Kier alpha value is -2.71. The van der Waals surface area contributed by atoms with Crippen LogP contribution >= 0.6 is 0 Å². The smallest absolute Gasteiger partial charge is 0.338 e. The zero-order valence-electron chi connectivity index (χ0n) is 14.8. The average molecular weight is 388 g/mol. The highest BCUT2D eigenvalue weighted by molar-refractivity contribution is 7.89. The van der Waals surface area contributed by atoms with E-state index in [4.69, 9.17) is 9.88 Å². The molecule has 0 radical (unpaired) electrons. The van der Waals surface area contributed by atoms with Crippen molar-refractivity contribution in [3.63, 3.8) is 0 Å². The van der Waals surface area contributed by atoms with Gasteiger partial charge in [-0.2, -0.15) is 0 Å². The number of sulfonamides is 1. The van der Waals surface area contributed by atoms with E-state index in [9.17, 15) is 18.0 Å². The SMILES string of the molecule is CC(OC(=O)c1ccc(S(N)(=O)=O)cc1)C(=O)Nc1ccc2c(c1)CCC2. The van der Waals surface area contributed by atoms with Gasteiger partial charge in [-0.25, -0.2) is 18.4 Å². The van der Waals surface area contributed by atoms with Gasteiger partial charge in [-0.1, -0.05) is 6.07 Å². The summed E-state index contributed by atoms with van der Waals surface area (Å²) in [7, 11) is -3.84. The van der Waals surface area contributed by atoms with Gasteiger partial charge in [-0.05, 0) is 73.7 Å². The largest absolute Gasteiger partial charge is 0.449 e. The molecule has 1 aliphatic rings. The molecule has 1 aliphatic carbocycles. The van der Waals surface area contributed by atoms with E-state index < -0.39 is 28.0 Å². The summed E-state index contributed by atoms with van der Waals surface area (Å²) in [6.07, 6.45) is 2.16. The highest BCUT2D eigenvalue weighted by atomic mass is 32.2. The van der Waals surface area contributed by atoms with Gasteiger partial charge in [0.2, 0.25) is 10.0 Å². The average Bonchev–Trinajstić information content (AvgIpc) is 3.08. The van der Waals surface area contributed by atoms with Crippen molar-refractivity contribution < 1.29 is 22.7 Å². The number of anilines is 1. The number of fused-ring (bicyclic) bond motifs is 1. The Morgan fingerprint density at radius 3 is 2.41 bits per heavy atom. The van der Waals surface area contributed by atoms with Crippen LogP contribution in [-0.4, -0.2) is 26.4 Å². The van der Waals surface area contributed by atoms with Crippen molar-refractivity contribution in [2.24, 2.45) is 5.14 Å². The van der Waals surface area contributed by atoms with Crippen molar-refractivity contribution >= 4 is 27.6 Å². The minimum absolute atomic E-state index is 0.110. The Morgan fingerprint density at radius 1 is 1.07 bits per heavy atom. The third kappa shape index (κ3) is 4.53. The number of esters is 1. The van der Waals surface area contributed by atoms with Gasteiger partial charge in [-0.3, -0.25) is 4.79 Å². The quantitative estimate of drug-likeness (QED) is 0.760. The Kier molecular flexibility index (Phi) is 5.29. The van der Waals surface area contributed by atoms with Gasteiger partial charge in [0.05, 0.1) is 10.5 Å². The molecular formula is C19H20N2O5S. The summed E-state index contributed by atoms with van der Waals surface area (Å²) in [4.78, 5) is 24.3. The lowest BCUT2D eigenvalue weighted by Gasteiger charge is -2.14. The maximum atomic E-state index is 12.3. The first-order chi connectivity index (χ1) is 12.7. The van der Waals surface area contributed by atoms with Gasteiger partial charge < -0.3 is 10.1 Å². The van der Waals surface area contributed by atoms with Crippen LogP contribution in [0.5, 0.6) is 0 Å². The number of nitrogens with two attached hydrogens (primary N) is 1. The molecule has 2 aromatic rings. The number of hydrogen-bond acceptors (Lipinski definition) is 5. The van der Waals surface area contributed by atoms with Crippen molar-refractivity contribution in [2.45, 2.75) is 37.2 Å². The number of nitrogens with one attached hydrogen (secondary N) is 1. The van der Waals surface area contributed by atoms with Gasteiger partial charge in [0.25, 0.3) is 5.91 Å². The van der Waals surface area contributed by atoms with Crippen LogP contribution < -0.4 is 10.5 Å². The van der Waals surface area contributed by atoms with Crippen LogP contribution in [0.3, 0.4) is 0 Å². The number of benzene rings is 2. The summed E-state index contributed by atoms with van der Waals surface area (Å²) in [5, 5.41) is 7.76. The second-order valence-corrected chi connectivity index (χ2v) is 8.00. The predicted octanol–water partition coefficient (Wildman–Crippen LogP) is 2.01. The lowest BCUT2D eigenvalue weighted by molar-refractivity contribution is -0.123. The normalized spacial score (nSPS) is 14.3. The Labute approximate surface area is 157 Å². The van der Waals surface area contributed by atoms with Gasteiger partial charge in [0.1, 0.15) is 0 Å². The minimum Gasteiger partial charge on any atom is -0.449 e. The Balaban J connectivity index is 1.61. The molecule has 0 spiro atoms. The van der Waals surface area contributed by atoms with Crippen LogP contribution in [0.4, 0.5) is 5.69 Å². The third-order valence-corrected chi connectivity index (χ3v) is 5.37. The zero-order chi connectivity index (χ0) is 19.6. The van der Waals surface area contributed by atoms with Gasteiger partial charge >= 0.3 is 5.97 Å². The molecule has 1 atom stereocenters. The zero-order valence-corrected chi connectivity index (χ0v) is 15.6. The van der Waals surface area contributed by atoms with E-state index in [2.05, 4.69) is 5.32 Å². The van der Waals surface area contributed by atoms with Crippen LogP contribution in [0.25, 0.3) is 0 Å².